The van der Waals surface area contributed by atoms with Crippen molar-refractivity contribution in [3.05, 3.63) is 53.3 Å². The Balaban J connectivity index is 2.49. The van der Waals surface area contributed by atoms with Crippen LogP contribution >= 0.6 is 0 Å². The van der Waals surface area contributed by atoms with Crippen molar-refractivity contribution in [1.29, 1.82) is 5.26 Å². The lowest BCUT2D eigenvalue weighted by atomic mass is 10.1. The molecule has 0 aliphatic carbocycles. The summed E-state index contributed by atoms with van der Waals surface area (Å²) < 4.78 is 18.9. The number of carbonyl (C=O) groups is 1. The molecule has 0 saturated heterocycles. The van der Waals surface area contributed by atoms with E-state index in [9.17, 15) is 9.18 Å². The Morgan fingerprint density at radius 1 is 1.25 bits per heavy atom. The zero-order valence-corrected chi connectivity index (χ0v) is 10.3. The fourth-order valence-electron chi connectivity index (χ4n) is 1.65. The van der Waals surface area contributed by atoms with Crippen LogP contribution in [0.25, 0.3) is 0 Å². The van der Waals surface area contributed by atoms with E-state index in [1.165, 1.54) is 30.3 Å². The highest BCUT2D eigenvalue weighted by molar-refractivity contribution is 5.96. The zero-order chi connectivity index (χ0) is 14.7. The third kappa shape index (κ3) is 2.52. The molecule has 1 amide bonds. The molecule has 20 heavy (non-hydrogen) atoms. The lowest BCUT2D eigenvalue weighted by Gasteiger charge is -2.11. The average Bonchev–Trinajstić information content (AvgIpc) is 2.41. The molecule has 0 spiro atoms. The number of primary amides is 1. The summed E-state index contributed by atoms with van der Waals surface area (Å²) in [7, 11) is 0. The van der Waals surface area contributed by atoms with Crippen molar-refractivity contribution < 1.29 is 13.9 Å². The molecule has 0 radical (unpaired) electrons. The smallest absolute Gasteiger partial charge is 0.252 e. The number of hydrogen-bond donors (Lipinski definition) is 2. The largest absolute Gasteiger partial charge is 0.455 e. The number of nitriles is 1. The molecular formula is C14H10FN3O2. The van der Waals surface area contributed by atoms with Crippen molar-refractivity contribution in [3.63, 3.8) is 0 Å². The number of ether oxygens (including phenoxy) is 1. The Morgan fingerprint density at radius 2 is 2.00 bits per heavy atom. The van der Waals surface area contributed by atoms with Gasteiger partial charge in [0.05, 0.1) is 5.56 Å². The molecule has 0 aliphatic rings. The van der Waals surface area contributed by atoms with Crippen molar-refractivity contribution >= 4 is 11.6 Å². The van der Waals surface area contributed by atoms with E-state index >= 15 is 0 Å². The van der Waals surface area contributed by atoms with E-state index in [-0.39, 0.29) is 22.6 Å². The maximum Gasteiger partial charge on any atom is 0.252 e. The van der Waals surface area contributed by atoms with Gasteiger partial charge in [-0.25, -0.2) is 4.39 Å². The second-order valence-electron chi connectivity index (χ2n) is 3.95. The maximum atomic E-state index is 13.5. The van der Waals surface area contributed by atoms with Gasteiger partial charge in [0.25, 0.3) is 5.91 Å². The van der Waals surface area contributed by atoms with Gasteiger partial charge in [-0.3, -0.25) is 4.79 Å². The molecule has 2 rings (SSSR count). The first kappa shape index (κ1) is 13.4. The van der Waals surface area contributed by atoms with E-state index in [0.717, 1.165) is 6.07 Å². The normalized spacial score (nSPS) is 9.80. The average molecular weight is 271 g/mol. The van der Waals surface area contributed by atoms with Gasteiger partial charge in [0, 0.05) is 5.69 Å². The fourth-order valence-corrected chi connectivity index (χ4v) is 1.65. The van der Waals surface area contributed by atoms with Crippen LogP contribution < -0.4 is 16.2 Å². The number of nitrogens with zero attached hydrogens (tertiary/aromatic N) is 1. The molecule has 5 nitrogen and oxygen atoms in total. The van der Waals surface area contributed by atoms with Gasteiger partial charge in [-0.15, -0.1) is 0 Å². The van der Waals surface area contributed by atoms with Crippen LogP contribution in [0.15, 0.2) is 36.4 Å². The summed E-state index contributed by atoms with van der Waals surface area (Å²) in [6.07, 6.45) is 0. The number of benzene rings is 2. The van der Waals surface area contributed by atoms with Gasteiger partial charge < -0.3 is 16.2 Å². The number of amides is 1. The molecular weight excluding hydrogens is 261 g/mol. The summed E-state index contributed by atoms with van der Waals surface area (Å²) in [5, 5.41) is 8.92. The quantitative estimate of drug-likeness (QED) is 0.835. The molecule has 2 aromatic carbocycles. The van der Waals surface area contributed by atoms with E-state index in [4.69, 9.17) is 21.5 Å². The number of nitrogen functional groups attached to an aromatic ring is 1. The topological polar surface area (TPSA) is 102 Å². The molecule has 0 fully saturated rings. The van der Waals surface area contributed by atoms with E-state index < -0.39 is 11.7 Å². The molecule has 2 aromatic rings. The molecule has 0 aromatic heterocycles. The molecule has 4 N–H and O–H groups in total. The van der Waals surface area contributed by atoms with Crippen LogP contribution in [-0.4, -0.2) is 5.91 Å². The summed E-state index contributed by atoms with van der Waals surface area (Å²) >= 11 is 0. The first-order valence-electron chi connectivity index (χ1n) is 5.58. The highest BCUT2D eigenvalue weighted by Gasteiger charge is 2.14. The number of rotatable bonds is 3. The zero-order valence-electron chi connectivity index (χ0n) is 10.3. The van der Waals surface area contributed by atoms with E-state index in [2.05, 4.69) is 0 Å². The number of hydrogen-bond acceptors (Lipinski definition) is 4. The molecule has 6 heteroatoms. The lowest BCUT2D eigenvalue weighted by molar-refractivity contribution is 0.0998. The van der Waals surface area contributed by atoms with Crippen LogP contribution in [0.4, 0.5) is 10.1 Å². The first-order valence-corrected chi connectivity index (χ1v) is 5.58. The molecule has 0 aliphatic heterocycles. The van der Waals surface area contributed by atoms with Crippen molar-refractivity contribution in [2.24, 2.45) is 5.73 Å². The molecule has 0 unspecified atom stereocenters. The van der Waals surface area contributed by atoms with Gasteiger partial charge in [-0.2, -0.15) is 5.26 Å². The van der Waals surface area contributed by atoms with Gasteiger partial charge in [0.1, 0.15) is 28.9 Å². The summed E-state index contributed by atoms with van der Waals surface area (Å²) in [5.74, 6) is -1.34. The second kappa shape index (κ2) is 5.28. The van der Waals surface area contributed by atoms with E-state index in [1.54, 1.807) is 6.07 Å². The lowest BCUT2D eigenvalue weighted by Crippen LogP contribution is -2.12. The molecule has 0 bridgehead atoms. The number of carbonyl (C=O) groups excluding carboxylic acids is 1. The van der Waals surface area contributed by atoms with Crippen molar-refractivity contribution in [3.8, 4) is 17.6 Å². The molecule has 0 heterocycles. The standard InChI is InChI=1S/C14H10FN3O2/c15-11-2-1-3-12(10(11)7-16)20-13-5-4-8(17)6-9(13)14(18)19/h1-6H,17H2,(H2,18,19). The summed E-state index contributed by atoms with van der Waals surface area (Å²) in [6.45, 7) is 0. The van der Waals surface area contributed by atoms with Crippen LogP contribution in [0.3, 0.4) is 0 Å². The van der Waals surface area contributed by atoms with Gasteiger partial charge in [-0.05, 0) is 30.3 Å². The molecule has 100 valence electrons. The second-order valence-corrected chi connectivity index (χ2v) is 3.95. The SMILES string of the molecule is N#Cc1c(F)cccc1Oc1ccc(N)cc1C(N)=O. The Bertz CT molecular complexity index is 723. The third-order valence-corrected chi connectivity index (χ3v) is 2.58. The molecule has 0 atom stereocenters. The summed E-state index contributed by atoms with van der Waals surface area (Å²) in [6, 6.07) is 9.95. The number of anilines is 1. The number of nitrogens with two attached hydrogens (primary N) is 2. The van der Waals surface area contributed by atoms with E-state index in [0.29, 0.717) is 5.69 Å². The summed E-state index contributed by atoms with van der Waals surface area (Å²) in [5.41, 5.74) is 10.9. The van der Waals surface area contributed by atoms with Crippen molar-refractivity contribution in [2.45, 2.75) is 0 Å². The Morgan fingerprint density at radius 3 is 2.65 bits per heavy atom. The van der Waals surface area contributed by atoms with Gasteiger partial charge in [0.2, 0.25) is 0 Å². The van der Waals surface area contributed by atoms with Gasteiger partial charge in [0.15, 0.2) is 0 Å². The minimum absolute atomic E-state index is 0.000212. The van der Waals surface area contributed by atoms with Crippen molar-refractivity contribution in [1.82, 2.24) is 0 Å². The predicted octanol–water partition coefficient (Wildman–Crippen LogP) is 2.17. The van der Waals surface area contributed by atoms with Crippen LogP contribution in [0.2, 0.25) is 0 Å². The third-order valence-electron chi connectivity index (χ3n) is 2.58. The van der Waals surface area contributed by atoms with E-state index in [1.807, 2.05) is 0 Å². The summed E-state index contributed by atoms with van der Waals surface area (Å²) in [4.78, 5) is 11.3. The minimum Gasteiger partial charge on any atom is -0.455 e. The van der Waals surface area contributed by atoms with Crippen molar-refractivity contribution in [2.75, 3.05) is 5.73 Å². The van der Waals surface area contributed by atoms with Gasteiger partial charge in [-0.1, -0.05) is 6.07 Å². The predicted molar refractivity (Wildman–Crippen MR) is 70.6 cm³/mol. The Kier molecular flexibility index (Phi) is 3.53. The number of halogens is 1. The van der Waals surface area contributed by atoms with Gasteiger partial charge >= 0.3 is 0 Å². The van der Waals surface area contributed by atoms with Crippen LogP contribution in [-0.2, 0) is 0 Å². The Hall–Kier alpha value is -3.07. The monoisotopic (exact) mass is 271 g/mol. The molecule has 0 saturated carbocycles. The maximum absolute atomic E-state index is 13.5. The van der Waals surface area contributed by atoms with Crippen LogP contribution in [0.5, 0.6) is 11.5 Å². The highest BCUT2D eigenvalue weighted by Crippen LogP contribution is 2.30. The Labute approximate surface area is 114 Å². The highest BCUT2D eigenvalue weighted by atomic mass is 19.1. The van der Waals surface area contributed by atoms with Crippen LogP contribution in [0, 0.1) is 17.1 Å². The minimum atomic E-state index is -0.734. The van der Waals surface area contributed by atoms with Crippen LogP contribution in [0.1, 0.15) is 15.9 Å². The fraction of sp³-hybridized carbons (Fsp3) is 0. The first-order chi connectivity index (χ1) is 9.52.